The summed E-state index contributed by atoms with van der Waals surface area (Å²) < 4.78 is 0. The number of nitrogens with zero attached hydrogens (tertiary/aromatic N) is 1. The van der Waals surface area contributed by atoms with Gasteiger partial charge in [0.25, 0.3) is 0 Å². The Bertz CT molecular complexity index is 359. The van der Waals surface area contributed by atoms with E-state index in [-0.39, 0.29) is 0 Å². The molecular weight excluding hydrogens is 212 g/mol. The van der Waals surface area contributed by atoms with E-state index < -0.39 is 6.10 Å². The van der Waals surface area contributed by atoms with Crippen molar-refractivity contribution >= 4 is 5.82 Å². The predicted molar refractivity (Wildman–Crippen MR) is 69.3 cm³/mol. The van der Waals surface area contributed by atoms with Gasteiger partial charge in [-0.25, -0.2) is 4.98 Å². The summed E-state index contributed by atoms with van der Waals surface area (Å²) in [5.41, 5.74) is 6.61. The molecule has 1 aromatic rings. The van der Waals surface area contributed by atoms with Gasteiger partial charge < -0.3 is 10.8 Å². The summed E-state index contributed by atoms with van der Waals surface area (Å²) in [7, 11) is 0. The van der Waals surface area contributed by atoms with Crippen molar-refractivity contribution in [2.45, 2.75) is 45.1 Å². The summed E-state index contributed by atoms with van der Waals surface area (Å²) in [6, 6.07) is 3.73. The van der Waals surface area contributed by atoms with Crippen molar-refractivity contribution in [1.29, 1.82) is 0 Å². The second-order valence-corrected chi connectivity index (χ2v) is 5.11. The Morgan fingerprint density at radius 3 is 2.71 bits per heavy atom. The van der Waals surface area contributed by atoms with Crippen LogP contribution in [0.3, 0.4) is 0 Å². The highest BCUT2D eigenvalue weighted by Crippen LogP contribution is 2.38. The monoisotopic (exact) mass is 234 g/mol. The number of aliphatic hydroxyl groups excluding tert-OH is 1. The molecule has 2 rings (SSSR count). The van der Waals surface area contributed by atoms with E-state index in [1.807, 2.05) is 12.1 Å². The summed E-state index contributed by atoms with van der Waals surface area (Å²) in [6.07, 6.45) is 7.16. The average molecular weight is 234 g/mol. The van der Waals surface area contributed by atoms with Crippen molar-refractivity contribution < 1.29 is 5.11 Å². The van der Waals surface area contributed by atoms with Gasteiger partial charge in [0.2, 0.25) is 0 Å². The summed E-state index contributed by atoms with van der Waals surface area (Å²) in [5, 5.41) is 10.4. The third kappa shape index (κ3) is 2.78. The average Bonchev–Trinajstić information content (AvgIpc) is 2.39. The minimum Gasteiger partial charge on any atom is -0.388 e. The molecule has 1 unspecified atom stereocenters. The van der Waals surface area contributed by atoms with Crippen LogP contribution in [0.5, 0.6) is 0 Å². The maximum Gasteiger partial charge on any atom is 0.129 e. The number of nitrogens with two attached hydrogens (primary N) is 1. The summed E-state index contributed by atoms with van der Waals surface area (Å²) in [5.74, 6) is 1.67. The van der Waals surface area contributed by atoms with Crippen LogP contribution in [0.4, 0.5) is 5.82 Å². The van der Waals surface area contributed by atoms with Gasteiger partial charge in [0.05, 0.1) is 6.10 Å². The first-order chi connectivity index (χ1) is 8.22. The van der Waals surface area contributed by atoms with E-state index in [9.17, 15) is 5.11 Å². The van der Waals surface area contributed by atoms with Crippen LogP contribution in [0.2, 0.25) is 0 Å². The van der Waals surface area contributed by atoms with Crippen LogP contribution in [0, 0.1) is 11.8 Å². The zero-order valence-electron chi connectivity index (χ0n) is 10.5. The number of nitrogen functional groups attached to an aromatic ring is 1. The van der Waals surface area contributed by atoms with Crippen molar-refractivity contribution in [3.05, 3.63) is 23.9 Å². The quantitative estimate of drug-likeness (QED) is 0.845. The van der Waals surface area contributed by atoms with Crippen molar-refractivity contribution in [2.24, 2.45) is 11.8 Å². The molecule has 1 aliphatic carbocycles. The maximum absolute atomic E-state index is 10.4. The molecule has 1 fully saturated rings. The minimum atomic E-state index is -0.443. The number of rotatable bonds is 3. The molecule has 1 aliphatic rings. The van der Waals surface area contributed by atoms with E-state index in [1.165, 1.54) is 19.3 Å². The number of aliphatic hydroxyl groups is 1. The van der Waals surface area contributed by atoms with Gasteiger partial charge >= 0.3 is 0 Å². The summed E-state index contributed by atoms with van der Waals surface area (Å²) >= 11 is 0. The van der Waals surface area contributed by atoms with Gasteiger partial charge in [-0.1, -0.05) is 32.3 Å². The van der Waals surface area contributed by atoms with E-state index in [0.717, 1.165) is 24.3 Å². The molecule has 0 amide bonds. The van der Waals surface area contributed by atoms with Crippen LogP contribution >= 0.6 is 0 Å². The molecule has 3 N–H and O–H groups in total. The number of aromatic nitrogens is 1. The number of hydrogen-bond acceptors (Lipinski definition) is 3. The topological polar surface area (TPSA) is 59.1 Å². The van der Waals surface area contributed by atoms with Gasteiger partial charge in [0.1, 0.15) is 5.82 Å². The van der Waals surface area contributed by atoms with Crippen LogP contribution in [-0.4, -0.2) is 10.1 Å². The molecule has 17 heavy (non-hydrogen) atoms. The number of anilines is 1. The van der Waals surface area contributed by atoms with Gasteiger partial charge in [-0.2, -0.15) is 0 Å². The summed E-state index contributed by atoms with van der Waals surface area (Å²) in [6.45, 7) is 2.25. The molecule has 94 valence electrons. The lowest BCUT2D eigenvalue weighted by Crippen LogP contribution is -2.21. The molecule has 0 radical (unpaired) electrons. The molecule has 1 heterocycles. The molecule has 0 saturated heterocycles. The molecule has 0 aromatic carbocycles. The third-order valence-corrected chi connectivity index (χ3v) is 4.11. The highest BCUT2D eigenvalue weighted by molar-refractivity contribution is 5.40. The fourth-order valence-corrected chi connectivity index (χ4v) is 2.85. The van der Waals surface area contributed by atoms with Crippen LogP contribution in [0.15, 0.2) is 18.3 Å². The van der Waals surface area contributed by atoms with Gasteiger partial charge in [-0.3, -0.25) is 0 Å². The highest BCUT2D eigenvalue weighted by atomic mass is 16.3. The standard InChI is InChI=1S/C14H22N2O/c1-2-10-5-7-11(8-6-10)13(17)12-4-3-9-16-14(12)15/h3-4,9-11,13,17H,2,5-8H2,1H3,(H2,15,16). The predicted octanol–water partition coefficient (Wildman–Crippen LogP) is 2.91. The number of pyridine rings is 1. The Labute approximate surface area is 103 Å². The zero-order valence-corrected chi connectivity index (χ0v) is 10.5. The molecule has 3 heteroatoms. The Balaban J connectivity index is 2.02. The van der Waals surface area contributed by atoms with Gasteiger partial charge in [-0.05, 0) is 30.7 Å². The first kappa shape index (κ1) is 12.4. The second kappa shape index (κ2) is 5.50. The van der Waals surface area contributed by atoms with Gasteiger partial charge in [0, 0.05) is 11.8 Å². The molecule has 1 atom stereocenters. The highest BCUT2D eigenvalue weighted by Gasteiger charge is 2.27. The molecule has 1 aromatic heterocycles. The Morgan fingerprint density at radius 1 is 1.41 bits per heavy atom. The van der Waals surface area contributed by atoms with Crippen molar-refractivity contribution in [2.75, 3.05) is 5.73 Å². The van der Waals surface area contributed by atoms with Crippen LogP contribution in [-0.2, 0) is 0 Å². The summed E-state index contributed by atoms with van der Waals surface area (Å²) in [4.78, 5) is 4.04. The van der Waals surface area contributed by atoms with E-state index in [4.69, 9.17) is 5.73 Å². The van der Waals surface area contributed by atoms with Crippen LogP contribution in [0.25, 0.3) is 0 Å². The Hall–Kier alpha value is -1.09. The Kier molecular flexibility index (Phi) is 4.00. The van der Waals surface area contributed by atoms with Crippen molar-refractivity contribution in [3.8, 4) is 0 Å². The molecule has 0 spiro atoms. The minimum absolute atomic E-state index is 0.351. The SMILES string of the molecule is CCC1CCC(C(O)c2cccnc2N)CC1. The van der Waals surface area contributed by atoms with E-state index >= 15 is 0 Å². The van der Waals surface area contributed by atoms with Gasteiger partial charge in [0.15, 0.2) is 0 Å². The lowest BCUT2D eigenvalue weighted by atomic mass is 9.77. The number of hydrogen-bond donors (Lipinski definition) is 2. The molecule has 0 bridgehead atoms. The largest absolute Gasteiger partial charge is 0.388 e. The van der Waals surface area contributed by atoms with Crippen molar-refractivity contribution in [1.82, 2.24) is 4.98 Å². The Morgan fingerprint density at radius 2 is 2.12 bits per heavy atom. The molecule has 0 aliphatic heterocycles. The van der Waals surface area contributed by atoms with E-state index in [1.54, 1.807) is 6.20 Å². The first-order valence-corrected chi connectivity index (χ1v) is 6.60. The van der Waals surface area contributed by atoms with Crippen LogP contribution in [0.1, 0.15) is 50.7 Å². The van der Waals surface area contributed by atoms with Crippen molar-refractivity contribution in [3.63, 3.8) is 0 Å². The van der Waals surface area contributed by atoms with Crippen LogP contribution < -0.4 is 5.73 Å². The lowest BCUT2D eigenvalue weighted by Gasteiger charge is -2.31. The maximum atomic E-state index is 10.4. The van der Waals surface area contributed by atoms with Gasteiger partial charge in [-0.15, -0.1) is 0 Å². The fourth-order valence-electron chi connectivity index (χ4n) is 2.85. The normalized spacial score (nSPS) is 26.7. The smallest absolute Gasteiger partial charge is 0.129 e. The van der Waals surface area contributed by atoms with E-state index in [2.05, 4.69) is 11.9 Å². The lowest BCUT2D eigenvalue weighted by molar-refractivity contribution is 0.0733. The second-order valence-electron chi connectivity index (χ2n) is 5.11. The molecular formula is C14H22N2O. The molecule has 1 saturated carbocycles. The fraction of sp³-hybridized carbons (Fsp3) is 0.643. The van der Waals surface area contributed by atoms with E-state index in [0.29, 0.717) is 11.7 Å². The zero-order chi connectivity index (χ0) is 12.3. The first-order valence-electron chi connectivity index (χ1n) is 6.60. The molecule has 3 nitrogen and oxygen atoms in total. The third-order valence-electron chi connectivity index (χ3n) is 4.11.